The lowest BCUT2D eigenvalue weighted by atomic mass is 9.84. The molecule has 2 atom stereocenters. The molecule has 1 aliphatic heterocycles. The summed E-state index contributed by atoms with van der Waals surface area (Å²) in [5, 5.41) is 21.5. The van der Waals surface area contributed by atoms with Crippen molar-refractivity contribution in [2.75, 3.05) is 12.4 Å². The summed E-state index contributed by atoms with van der Waals surface area (Å²) < 4.78 is 6.78. The van der Waals surface area contributed by atoms with Crippen LogP contribution in [0.2, 0.25) is 0 Å². The fraction of sp³-hybridized carbons (Fsp3) is 0.263. The van der Waals surface area contributed by atoms with Crippen molar-refractivity contribution < 1.29 is 29.3 Å². The standard InChI is InChI=1S/C19H19N3O6/c1-28-14-5-3-2-4-13(14)21-18(25)11-6-7-15-20-8-9-22(15)17(11)12(19(26)27)10-16(23)24/h2-5,8-11,17H,6-7H2,1H3,(H,21,25)(H,23,24)(H,26,27)/b12-10-. The molecule has 2 unspecified atom stereocenters. The highest BCUT2D eigenvalue weighted by atomic mass is 16.5. The van der Waals surface area contributed by atoms with Gasteiger partial charge in [-0.05, 0) is 18.6 Å². The summed E-state index contributed by atoms with van der Waals surface area (Å²) in [5.41, 5.74) is 0.0656. The third-order valence-corrected chi connectivity index (χ3v) is 4.65. The van der Waals surface area contributed by atoms with E-state index in [1.54, 1.807) is 35.0 Å². The fourth-order valence-electron chi connectivity index (χ4n) is 3.45. The van der Waals surface area contributed by atoms with E-state index in [9.17, 15) is 19.5 Å². The molecular formula is C19H19N3O6. The molecule has 0 saturated carbocycles. The number of para-hydroxylation sites is 2. The summed E-state index contributed by atoms with van der Waals surface area (Å²) in [4.78, 5) is 40.2. The average molecular weight is 385 g/mol. The van der Waals surface area contributed by atoms with Crippen LogP contribution < -0.4 is 10.1 Å². The van der Waals surface area contributed by atoms with E-state index in [1.165, 1.54) is 13.3 Å². The van der Waals surface area contributed by atoms with E-state index >= 15 is 0 Å². The number of aromatic nitrogens is 2. The maximum absolute atomic E-state index is 13.0. The van der Waals surface area contributed by atoms with Crippen LogP contribution >= 0.6 is 0 Å². The van der Waals surface area contributed by atoms with Gasteiger partial charge in [0.15, 0.2) is 0 Å². The Morgan fingerprint density at radius 3 is 2.71 bits per heavy atom. The van der Waals surface area contributed by atoms with Gasteiger partial charge in [0.1, 0.15) is 11.6 Å². The molecule has 0 aliphatic carbocycles. The Bertz CT molecular complexity index is 949. The first-order valence-electron chi connectivity index (χ1n) is 8.55. The van der Waals surface area contributed by atoms with Gasteiger partial charge in [-0.15, -0.1) is 0 Å². The molecule has 146 valence electrons. The molecule has 28 heavy (non-hydrogen) atoms. The largest absolute Gasteiger partial charge is 0.495 e. The van der Waals surface area contributed by atoms with E-state index in [0.29, 0.717) is 36.2 Å². The summed E-state index contributed by atoms with van der Waals surface area (Å²) in [6.07, 6.45) is 4.48. The van der Waals surface area contributed by atoms with E-state index in [1.807, 2.05) is 0 Å². The van der Waals surface area contributed by atoms with Crippen LogP contribution in [0.1, 0.15) is 18.3 Å². The minimum Gasteiger partial charge on any atom is -0.495 e. The first-order valence-corrected chi connectivity index (χ1v) is 8.55. The van der Waals surface area contributed by atoms with Crippen molar-refractivity contribution in [1.29, 1.82) is 0 Å². The highest BCUT2D eigenvalue weighted by molar-refractivity contribution is 5.99. The zero-order chi connectivity index (χ0) is 20.3. The second-order valence-corrected chi connectivity index (χ2v) is 6.27. The van der Waals surface area contributed by atoms with Crippen LogP contribution in [0.15, 0.2) is 48.3 Å². The van der Waals surface area contributed by atoms with Gasteiger partial charge in [-0.1, -0.05) is 12.1 Å². The number of carbonyl (C=O) groups excluding carboxylic acids is 1. The molecule has 2 heterocycles. The highest BCUT2D eigenvalue weighted by Gasteiger charge is 2.39. The van der Waals surface area contributed by atoms with Crippen molar-refractivity contribution in [3.05, 3.63) is 54.1 Å². The summed E-state index contributed by atoms with van der Waals surface area (Å²) in [6, 6.07) is 5.86. The Morgan fingerprint density at radius 2 is 2.04 bits per heavy atom. The number of aliphatic carboxylic acids is 2. The summed E-state index contributed by atoms with van der Waals surface area (Å²) in [5.74, 6) is -2.95. The molecule has 9 nitrogen and oxygen atoms in total. The van der Waals surface area contributed by atoms with Crippen molar-refractivity contribution in [2.24, 2.45) is 5.92 Å². The maximum Gasteiger partial charge on any atom is 0.333 e. The molecule has 1 aromatic heterocycles. The van der Waals surface area contributed by atoms with Crippen molar-refractivity contribution in [3.8, 4) is 5.75 Å². The number of aryl methyl sites for hydroxylation is 1. The number of carbonyl (C=O) groups is 3. The highest BCUT2D eigenvalue weighted by Crippen LogP contribution is 2.37. The second-order valence-electron chi connectivity index (χ2n) is 6.27. The van der Waals surface area contributed by atoms with E-state index in [-0.39, 0.29) is 5.57 Å². The number of carboxylic acids is 2. The molecule has 0 spiro atoms. The summed E-state index contributed by atoms with van der Waals surface area (Å²) in [7, 11) is 1.48. The van der Waals surface area contributed by atoms with Crippen molar-refractivity contribution in [3.63, 3.8) is 0 Å². The van der Waals surface area contributed by atoms with Crippen LogP contribution in [0.4, 0.5) is 5.69 Å². The fourth-order valence-corrected chi connectivity index (χ4v) is 3.45. The Morgan fingerprint density at radius 1 is 1.29 bits per heavy atom. The van der Waals surface area contributed by atoms with Gasteiger partial charge < -0.3 is 24.8 Å². The van der Waals surface area contributed by atoms with Gasteiger partial charge in [-0.25, -0.2) is 14.6 Å². The number of hydrogen-bond donors (Lipinski definition) is 3. The maximum atomic E-state index is 13.0. The van der Waals surface area contributed by atoms with Crippen LogP contribution in [0, 0.1) is 5.92 Å². The molecule has 0 fully saturated rings. The molecule has 9 heteroatoms. The lowest BCUT2D eigenvalue weighted by Crippen LogP contribution is -2.38. The monoisotopic (exact) mass is 385 g/mol. The molecule has 0 radical (unpaired) electrons. The van der Waals surface area contributed by atoms with Gasteiger partial charge in [0, 0.05) is 24.9 Å². The molecule has 1 aliphatic rings. The summed E-state index contributed by atoms with van der Waals surface area (Å²) >= 11 is 0. The minimum atomic E-state index is -1.40. The number of fused-ring (bicyclic) bond motifs is 1. The van der Waals surface area contributed by atoms with Gasteiger partial charge in [0.25, 0.3) is 0 Å². The predicted molar refractivity (Wildman–Crippen MR) is 98.1 cm³/mol. The molecule has 1 amide bonds. The first kappa shape index (κ1) is 19.2. The molecule has 2 aromatic rings. The van der Waals surface area contributed by atoms with Gasteiger partial charge >= 0.3 is 11.9 Å². The van der Waals surface area contributed by atoms with Crippen molar-refractivity contribution in [2.45, 2.75) is 18.9 Å². The quantitative estimate of drug-likeness (QED) is 0.645. The number of carboxylic acid groups (broad SMARTS) is 2. The predicted octanol–water partition coefficient (Wildman–Crippen LogP) is 1.73. The normalized spacial score (nSPS) is 18.8. The Kier molecular flexibility index (Phi) is 5.44. The number of rotatable bonds is 6. The first-order chi connectivity index (χ1) is 13.4. The Balaban J connectivity index is 1.99. The number of nitrogens with zero attached hydrogens (tertiary/aromatic N) is 2. The zero-order valence-electron chi connectivity index (χ0n) is 15.0. The molecule has 0 saturated heterocycles. The molecule has 3 N–H and O–H groups in total. The number of nitrogens with one attached hydrogen (secondary N) is 1. The number of amides is 1. The second kappa shape index (κ2) is 7.95. The van der Waals surface area contributed by atoms with Gasteiger partial charge in [0.2, 0.25) is 5.91 Å². The van der Waals surface area contributed by atoms with Gasteiger partial charge in [-0.3, -0.25) is 4.79 Å². The topological polar surface area (TPSA) is 131 Å². The number of benzene rings is 1. The Labute approximate surface area is 160 Å². The molecule has 0 bridgehead atoms. The van der Waals surface area contributed by atoms with Crippen molar-refractivity contribution >= 4 is 23.5 Å². The van der Waals surface area contributed by atoms with Crippen LogP contribution in [0.3, 0.4) is 0 Å². The number of anilines is 1. The van der Waals surface area contributed by atoms with Crippen LogP contribution in [0.25, 0.3) is 0 Å². The van der Waals surface area contributed by atoms with E-state index < -0.39 is 29.8 Å². The third kappa shape index (κ3) is 3.73. The average Bonchev–Trinajstić information content (AvgIpc) is 3.14. The lowest BCUT2D eigenvalue weighted by Gasteiger charge is -2.33. The lowest BCUT2D eigenvalue weighted by molar-refractivity contribution is -0.136. The van der Waals surface area contributed by atoms with E-state index in [0.717, 1.165) is 0 Å². The summed E-state index contributed by atoms with van der Waals surface area (Å²) in [6.45, 7) is 0. The molecule has 1 aromatic carbocycles. The third-order valence-electron chi connectivity index (χ3n) is 4.65. The van der Waals surface area contributed by atoms with Crippen LogP contribution in [0.5, 0.6) is 5.75 Å². The van der Waals surface area contributed by atoms with Gasteiger partial charge in [-0.2, -0.15) is 0 Å². The minimum absolute atomic E-state index is 0.326. The number of imidazole rings is 1. The van der Waals surface area contributed by atoms with Crippen LogP contribution in [-0.2, 0) is 20.8 Å². The number of ether oxygens (including phenoxy) is 1. The Hall–Kier alpha value is -3.62. The van der Waals surface area contributed by atoms with Gasteiger partial charge in [0.05, 0.1) is 30.3 Å². The number of hydrogen-bond acceptors (Lipinski definition) is 5. The zero-order valence-corrected chi connectivity index (χ0v) is 15.0. The smallest absolute Gasteiger partial charge is 0.333 e. The van der Waals surface area contributed by atoms with E-state index in [2.05, 4.69) is 10.3 Å². The molecular weight excluding hydrogens is 366 g/mol. The molecule has 3 rings (SSSR count). The van der Waals surface area contributed by atoms with E-state index in [4.69, 9.17) is 9.84 Å². The van der Waals surface area contributed by atoms with Crippen LogP contribution in [-0.4, -0.2) is 44.7 Å². The number of methoxy groups -OCH3 is 1. The van der Waals surface area contributed by atoms with Crippen molar-refractivity contribution in [1.82, 2.24) is 9.55 Å². The SMILES string of the molecule is COc1ccccc1NC(=O)C1CCc2nccn2C1/C(=C/C(=O)O)C(=O)O.